The lowest BCUT2D eigenvalue weighted by Gasteiger charge is -2.50. The van der Waals surface area contributed by atoms with E-state index in [0.29, 0.717) is 0 Å². The van der Waals surface area contributed by atoms with Crippen LogP contribution in [0.1, 0.15) is 20.8 Å². The van der Waals surface area contributed by atoms with Crippen LogP contribution in [0, 0.1) is 0 Å². The van der Waals surface area contributed by atoms with Gasteiger partial charge in [-0.3, -0.25) is 14.4 Å². The molecule has 3 aliphatic rings. The van der Waals surface area contributed by atoms with E-state index < -0.39 is 128 Å². The summed E-state index contributed by atoms with van der Waals surface area (Å²) in [5, 5.41) is 86.9. The number of hydrogen-bond acceptors (Lipinski definition) is 18. The quantitative estimate of drug-likeness (QED) is 0.0796. The lowest BCUT2D eigenvalue weighted by Crippen LogP contribution is -2.70. The molecule has 266 valence electrons. The molecular formula is C25H43N3O16S2. The Bertz CT molecular complexity index is 1040. The van der Waals surface area contributed by atoms with Gasteiger partial charge in [0.15, 0.2) is 12.6 Å². The van der Waals surface area contributed by atoms with Gasteiger partial charge in [-0.05, 0) is 6.92 Å². The first-order valence-corrected chi connectivity index (χ1v) is 16.7. The number of rotatable bonds is 13. The lowest BCUT2D eigenvalue weighted by atomic mass is 9.94. The van der Waals surface area contributed by atoms with E-state index in [0.717, 1.165) is 28.5 Å². The van der Waals surface area contributed by atoms with Gasteiger partial charge in [0.2, 0.25) is 11.8 Å². The number of carbonyl (C=O) groups excluding carboxylic acids is 2. The number of aliphatic hydroxyl groups excluding tert-OH is 7. The number of aliphatic carboxylic acids is 1. The molecule has 10 unspecified atom stereocenters. The minimum absolute atomic E-state index is 0.0922. The van der Waals surface area contributed by atoms with Crippen molar-refractivity contribution in [1.29, 1.82) is 0 Å². The van der Waals surface area contributed by atoms with Crippen molar-refractivity contribution in [2.45, 2.75) is 118 Å². The largest absolute Gasteiger partial charge is 0.480 e. The first kappa shape index (κ1) is 39.0. The molecule has 3 rings (SSSR count). The van der Waals surface area contributed by atoms with Crippen molar-refractivity contribution in [3.05, 3.63) is 0 Å². The Kier molecular flexibility index (Phi) is 14.7. The number of aliphatic hydroxyl groups is 7. The highest BCUT2D eigenvalue weighted by molar-refractivity contribution is 8.76. The Balaban J connectivity index is 2.03. The number of carboxylic acids is 1. The van der Waals surface area contributed by atoms with Crippen LogP contribution in [0.2, 0.25) is 0 Å². The molecule has 3 fully saturated rings. The SMILES string of the molecule is CC(=O)NC1C(O)[C@@H](O)C(CO)O[C@H]1O[C@@H]1C(CO)O[C@@H](SSCC(N)C(=O)O)C(NC(C)=O)C1O[C@@H]1OC(C)[C@@H](O)C(O)C1O. The molecule has 0 aliphatic carbocycles. The van der Waals surface area contributed by atoms with Gasteiger partial charge in [-0.2, -0.15) is 0 Å². The highest BCUT2D eigenvalue weighted by Gasteiger charge is 2.54. The van der Waals surface area contributed by atoms with Gasteiger partial charge >= 0.3 is 5.97 Å². The maximum absolute atomic E-state index is 12.4. The monoisotopic (exact) mass is 705 g/mol. The van der Waals surface area contributed by atoms with Crippen LogP contribution in [-0.2, 0) is 38.1 Å². The summed E-state index contributed by atoms with van der Waals surface area (Å²) in [6.45, 7) is 2.19. The molecule has 3 aliphatic heterocycles. The van der Waals surface area contributed by atoms with Crippen LogP contribution >= 0.6 is 21.6 Å². The smallest absolute Gasteiger partial charge is 0.321 e. The fourth-order valence-electron chi connectivity index (χ4n) is 5.12. The fourth-order valence-corrected chi connectivity index (χ4v) is 7.73. The lowest BCUT2D eigenvalue weighted by molar-refractivity contribution is -0.348. The van der Waals surface area contributed by atoms with Crippen molar-refractivity contribution >= 4 is 39.4 Å². The molecule has 46 heavy (non-hydrogen) atoms. The highest BCUT2D eigenvalue weighted by atomic mass is 33.1. The van der Waals surface area contributed by atoms with Gasteiger partial charge in [-0.1, -0.05) is 21.6 Å². The van der Waals surface area contributed by atoms with Gasteiger partial charge in [0.25, 0.3) is 0 Å². The second kappa shape index (κ2) is 17.3. The Morgan fingerprint density at radius 1 is 0.783 bits per heavy atom. The number of amides is 2. The summed E-state index contributed by atoms with van der Waals surface area (Å²) in [4.78, 5) is 35.6. The number of nitrogens with one attached hydrogen (secondary N) is 2. The van der Waals surface area contributed by atoms with Gasteiger partial charge in [0.05, 0.1) is 25.4 Å². The number of nitrogens with two attached hydrogens (primary N) is 1. The van der Waals surface area contributed by atoms with Crippen LogP contribution in [0.4, 0.5) is 0 Å². The first-order chi connectivity index (χ1) is 21.6. The summed E-state index contributed by atoms with van der Waals surface area (Å²) in [6, 6.07) is -3.89. The maximum Gasteiger partial charge on any atom is 0.321 e. The van der Waals surface area contributed by atoms with E-state index >= 15 is 0 Å². The summed E-state index contributed by atoms with van der Waals surface area (Å²) in [5.41, 5.74) is 4.51. The predicted octanol–water partition coefficient (Wildman–Crippen LogP) is -5.46. The summed E-state index contributed by atoms with van der Waals surface area (Å²) >= 11 is 0. The first-order valence-electron chi connectivity index (χ1n) is 14.3. The third kappa shape index (κ3) is 9.39. The minimum Gasteiger partial charge on any atom is -0.480 e. The van der Waals surface area contributed by atoms with E-state index in [-0.39, 0.29) is 5.75 Å². The molecule has 0 saturated carbocycles. The van der Waals surface area contributed by atoms with Crippen LogP contribution in [0.25, 0.3) is 0 Å². The van der Waals surface area contributed by atoms with Gasteiger partial charge in [-0.15, -0.1) is 0 Å². The average molecular weight is 706 g/mol. The predicted molar refractivity (Wildman–Crippen MR) is 156 cm³/mol. The summed E-state index contributed by atoms with van der Waals surface area (Å²) < 4.78 is 29.6. The van der Waals surface area contributed by atoms with Crippen molar-refractivity contribution in [2.24, 2.45) is 5.73 Å². The Morgan fingerprint density at radius 2 is 1.37 bits per heavy atom. The van der Waals surface area contributed by atoms with Crippen LogP contribution in [0.3, 0.4) is 0 Å². The second-order valence-corrected chi connectivity index (χ2v) is 13.6. The Labute approximate surface area is 271 Å². The molecule has 0 spiro atoms. The minimum atomic E-state index is -1.82. The molecule has 0 aromatic heterocycles. The van der Waals surface area contributed by atoms with Crippen molar-refractivity contribution < 1.29 is 78.9 Å². The van der Waals surface area contributed by atoms with E-state index in [9.17, 15) is 50.1 Å². The number of ether oxygens (including phenoxy) is 5. The molecule has 3 saturated heterocycles. The Morgan fingerprint density at radius 3 is 1.93 bits per heavy atom. The standard InChI is InChI=1S/C25H43N3O16S2/c1-7-15(33)18(36)19(37)24(40-7)44-21-14(28-9(3)32)25(46-45-6-10(26)22(38)39)42-12(5-30)20(21)43-23-13(27-8(2)31)17(35)16(34)11(4-29)41-23/h7,10-21,23-25,29-30,33-37H,4-6,26H2,1-3H3,(H,27,31)(H,28,32)(H,38,39)/t7?,10?,11?,12?,13?,14?,15-,16+,17?,18?,19?,20-,21?,23+,24+,25+/m1/s1. The summed E-state index contributed by atoms with van der Waals surface area (Å²) in [6.07, 6.45) is -18.3. The van der Waals surface area contributed by atoms with Crippen LogP contribution in [-0.4, -0.2) is 175 Å². The van der Waals surface area contributed by atoms with Crippen molar-refractivity contribution in [3.8, 4) is 0 Å². The fraction of sp³-hybridized carbons (Fsp3) is 0.880. The summed E-state index contributed by atoms with van der Waals surface area (Å²) in [5.74, 6) is -2.59. The maximum atomic E-state index is 12.4. The zero-order valence-electron chi connectivity index (χ0n) is 25.1. The molecule has 3 heterocycles. The number of carbonyl (C=O) groups is 3. The zero-order valence-corrected chi connectivity index (χ0v) is 26.7. The van der Waals surface area contributed by atoms with Crippen LogP contribution in [0.15, 0.2) is 0 Å². The summed E-state index contributed by atoms with van der Waals surface area (Å²) in [7, 11) is 1.92. The third-order valence-corrected chi connectivity index (χ3v) is 10.2. The molecule has 16 atom stereocenters. The normalized spacial score (nSPS) is 42.2. The number of carboxylic acid groups (broad SMARTS) is 1. The highest BCUT2D eigenvalue weighted by Crippen LogP contribution is 2.40. The molecule has 21 heteroatoms. The molecule has 2 amide bonds. The molecule has 0 aromatic carbocycles. The zero-order chi connectivity index (χ0) is 34.5. The molecule has 0 aromatic rings. The van der Waals surface area contributed by atoms with Gasteiger partial charge in [0, 0.05) is 19.6 Å². The van der Waals surface area contributed by atoms with E-state index in [1.165, 1.54) is 13.8 Å². The van der Waals surface area contributed by atoms with Gasteiger partial charge in [-0.25, -0.2) is 0 Å². The van der Waals surface area contributed by atoms with Crippen molar-refractivity contribution in [1.82, 2.24) is 10.6 Å². The van der Waals surface area contributed by atoms with Crippen LogP contribution < -0.4 is 16.4 Å². The third-order valence-electron chi connectivity index (χ3n) is 7.57. The average Bonchev–Trinajstić information content (AvgIpc) is 2.99. The van der Waals surface area contributed by atoms with Crippen LogP contribution in [0.5, 0.6) is 0 Å². The van der Waals surface area contributed by atoms with E-state index in [1.54, 1.807) is 0 Å². The van der Waals surface area contributed by atoms with Gasteiger partial charge < -0.3 is 80.9 Å². The van der Waals surface area contributed by atoms with Crippen molar-refractivity contribution in [2.75, 3.05) is 19.0 Å². The second-order valence-electron chi connectivity index (χ2n) is 11.1. The van der Waals surface area contributed by atoms with E-state index in [1.807, 2.05) is 0 Å². The molecule has 0 bridgehead atoms. The molecule has 19 nitrogen and oxygen atoms in total. The van der Waals surface area contributed by atoms with Gasteiger partial charge in [0.1, 0.15) is 72.5 Å². The van der Waals surface area contributed by atoms with E-state index in [2.05, 4.69) is 10.6 Å². The van der Waals surface area contributed by atoms with E-state index in [4.69, 9.17) is 34.5 Å². The number of hydrogen-bond donors (Lipinski definition) is 11. The molecule has 0 radical (unpaired) electrons. The van der Waals surface area contributed by atoms with Crippen molar-refractivity contribution in [3.63, 3.8) is 0 Å². The molecular weight excluding hydrogens is 662 g/mol. The Hall–Kier alpha value is -1.41. The molecule has 12 N–H and O–H groups in total. The topological polar surface area (TPSA) is 309 Å².